The van der Waals surface area contributed by atoms with E-state index in [0.29, 0.717) is 26.2 Å². The van der Waals surface area contributed by atoms with Crippen LogP contribution < -0.4 is 10.2 Å². The van der Waals surface area contributed by atoms with Crippen molar-refractivity contribution in [3.8, 4) is 0 Å². The summed E-state index contributed by atoms with van der Waals surface area (Å²) in [5, 5.41) is 11.4. The lowest BCUT2D eigenvalue weighted by molar-refractivity contribution is -0.130. The molecule has 1 N–H and O–H groups in total. The van der Waals surface area contributed by atoms with Crippen LogP contribution in [0.5, 0.6) is 0 Å². The van der Waals surface area contributed by atoms with E-state index in [9.17, 15) is 13.6 Å². The second-order valence-electron chi connectivity index (χ2n) is 6.09. The molecule has 138 valence electrons. The Morgan fingerprint density at radius 3 is 2.50 bits per heavy atom. The van der Waals surface area contributed by atoms with Gasteiger partial charge in [-0.2, -0.15) is 0 Å². The third-order valence-corrected chi connectivity index (χ3v) is 4.32. The summed E-state index contributed by atoms with van der Waals surface area (Å²) in [6.45, 7) is 5.09. The molecule has 1 aliphatic heterocycles. The molecule has 0 bridgehead atoms. The topological polar surface area (TPSA) is 61.4 Å². The normalized spacial score (nSPS) is 14.4. The first-order valence-electron chi connectivity index (χ1n) is 8.61. The van der Waals surface area contributed by atoms with Crippen LogP contribution in [0, 0.1) is 11.6 Å². The van der Waals surface area contributed by atoms with Crippen molar-refractivity contribution in [2.75, 3.05) is 42.9 Å². The zero-order valence-corrected chi connectivity index (χ0v) is 14.6. The summed E-state index contributed by atoms with van der Waals surface area (Å²) in [5.41, 5.74) is 0.212. The molecule has 1 aromatic heterocycles. The number of carbonyl (C=O) groups excluding carboxylic acids is 1. The fourth-order valence-corrected chi connectivity index (χ4v) is 2.89. The van der Waals surface area contributed by atoms with Crippen molar-refractivity contribution in [2.45, 2.75) is 13.3 Å². The molecule has 0 unspecified atom stereocenters. The van der Waals surface area contributed by atoms with Crippen molar-refractivity contribution in [1.29, 1.82) is 0 Å². The first-order chi connectivity index (χ1) is 12.6. The Labute approximate surface area is 150 Å². The van der Waals surface area contributed by atoms with E-state index in [1.165, 1.54) is 12.1 Å². The Kier molecular flexibility index (Phi) is 5.60. The van der Waals surface area contributed by atoms with E-state index in [1.54, 1.807) is 4.90 Å². The average Bonchev–Trinajstić information content (AvgIpc) is 2.65. The van der Waals surface area contributed by atoms with Gasteiger partial charge in [0.25, 0.3) is 0 Å². The van der Waals surface area contributed by atoms with Crippen LogP contribution in [-0.2, 0) is 11.2 Å². The van der Waals surface area contributed by atoms with Gasteiger partial charge >= 0.3 is 0 Å². The van der Waals surface area contributed by atoms with Crippen LogP contribution in [-0.4, -0.2) is 53.7 Å². The number of aromatic nitrogens is 2. The molecule has 3 rings (SSSR count). The Bertz CT molecular complexity index is 761. The lowest BCUT2D eigenvalue weighted by atomic mass is 10.1. The van der Waals surface area contributed by atoms with Gasteiger partial charge in [-0.25, -0.2) is 8.78 Å². The number of piperazine rings is 1. The summed E-state index contributed by atoms with van der Waals surface area (Å²) in [5.74, 6) is 0.0000669. The van der Waals surface area contributed by atoms with Crippen molar-refractivity contribution in [3.05, 3.63) is 47.5 Å². The standard InChI is InChI=1S/C18H21F2N5O/c1-2-21-16-5-6-17(23-22-16)24-7-9-25(10-8-24)18(26)11-13-3-4-14(19)12-15(13)20/h3-6,12H,2,7-11H2,1H3,(H,21,22). The van der Waals surface area contributed by atoms with Crippen LogP contribution in [0.25, 0.3) is 0 Å². The molecule has 0 atom stereocenters. The van der Waals surface area contributed by atoms with Crippen LogP contribution in [0.3, 0.4) is 0 Å². The van der Waals surface area contributed by atoms with Gasteiger partial charge in [0.05, 0.1) is 6.42 Å². The van der Waals surface area contributed by atoms with E-state index >= 15 is 0 Å². The van der Waals surface area contributed by atoms with Gasteiger partial charge in [0, 0.05) is 38.8 Å². The number of carbonyl (C=O) groups is 1. The number of hydrogen-bond acceptors (Lipinski definition) is 5. The van der Waals surface area contributed by atoms with E-state index in [1.807, 2.05) is 19.1 Å². The maximum Gasteiger partial charge on any atom is 0.227 e. The van der Waals surface area contributed by atoms with Gasteiger partial charge in [-0.05, 0) is 30.7 Å². The number of halogens is 2. The second-order valence-corrected chi connectivity index (χ2v) is 6.09. The fraction of sp³-hybridized carbons (Fsp3) is 0.389. The van der Waals surface area contributed by atoms with Crippen LogP contribution >= 0.6 is 0 Å². The van der Waals surface area contributed by atoms with Gasteiger partial charge in [0.2, 0.25) is 5.91 Å². The molecular formula is C18H21F2N5O. The molecule has 1 saturated heterocycles. The van der Waals surface area contributed by atoms with Crippen molar-refractivity contribution in [2.24, 2.45) is 0 Å². The van der Waals surface area contributed by atoms with Gasteiger partial charge < -0.3 is 15.1 Å². The summed E-state index contributed by atoms with van der Waals surface area (Å²) >= 11 is 0. The quantitative estimate of drug-likeness (QED) is 0.884. The van der Waals surface area contributed by atoms with E-state index in [-0.39, 0.29) is 17.9 Å². The number of nitrogens with one attached hydrogen (secondary N) is 1. The van der Waals surface area contributed by atoms with Crippen molar-refractivity contribution in [3.63, 3.8) is 0 Å². The van der Waals surface area contributed by atoms with Crippen LogP contribution in [0.1, 0.15) is 12.5 Å². The third-order valence-electron chi connectivity index (χ3n) is 4.32. The number of rotatable bonds is 5. The average molecular weight is 361 g/mol. The predicted octanol–water partition coefficient (Wildman–Crippen LogP) is 2.08. The minimum atomic E-state index is -0.687. The summed E-state index contributed by atoms with van der Waals surface area (Å²) < 4.78 is 26.7. The lowest BCUT2D eigenvalue weighted by Crippen LogP contribution is -2.49. The lowest BCUT2D eigenvalue weighted by Gasteiger charge is -2.35. The molecule has 1 aliphatic rings. The minimum Gasteiger partial charge on any atom is -0.369 e. The first-order valence-corrected chi connectivity index (χ1v) is 8.61. The number of nitrogens with zero attached hydrogens (tertiary/aromatic N) is 4. The van der Waals surface area contributed by atoms with E-state index in [2.05, 4.69) is 20.4 Å². The molecule has 1 aromatic carbocycles. The Hall–Kier alpha value is -2.77. The molecule has 6 nitrogen and oxygen atoms in total. The smallest absolute Gasteiger partial charge is 0.227 e. The zero-order valence-electron chi connectivity index (χ0n) is 14.6. The first kappa shape index (κ1) is 18.0. The summed E-state index contributed by atoms with van der Waals surface area (Å²) in [6, 6.07) is 7.06. The highest BCUT2D eigenvalue weighted by molar-refractivity contribution is 5.79. The minimum absolute atomic E-state index is 0.0662. The van der Waals surface area contributed by atoms with Crippen LogP contribution in [0.15, 0.2) is 30.3 Å². The Morgan fingerprint density at radius 1 is 1.12 bits per heavy atom. The molecule has 1 amide bonds. The molecule has 26 heavy (non-hydrogen) atoms. The number of anilines is 2. The molecular weight excluding hydrogens is 340 g/mol. The van der Waals surface area contributed by atoms with Crippen LogP contribution in [0.4, 0.5) is 20.4 Å². The summed E-state index contributed by atoms with van der Waals surface area (Å²) in [4.78, 5) is 16.1. The van der Waals surface area contributed by atoms with E-state index in [0.717, 1.165) is 24.2 Å². The maximum absolute atomic E-state index is 13.7. The van der Waals surface area contributed by atoms with Gasteiger partial charge in [-0.15, -0.1) is 10.2 Å². The van der Waals surface area contributed by atoms with Gasteiger partial charge in [-0.1, -0.05) is 6.07 Å². The Morgan fingerprint density at radius 2 is 1.88 bits per heavy atom. The molecule has 2 heterocycles. The molecule has 8 heteroatoms. The zero-order chi connectivity index (χ0) is 18.5. The van der Waals surface area contributed by atoms with Gasteiger partial charge in [0.1, 0.15) is 17.5 Å². The number of hydrogen-bond donors (Lipinski definition) is 1. The number of benzene rings is 1. The summed E-state index contributed by atoms with van der Waals surface area (Å²) in [7, 11) is 0. The summed E-state index contributed by atoms with van der Waals surface area (Å²) in [6.07, 6.45) is -0.0662. The molecule has 2 aromatic rings. The molecule has 0 saturated carbocycles. The number of amides is 1. The van der Waals surface area contributed by atoms with Crippen molar-refractivity contribution in [1.82, 2.24) is 15.1 Å². The van der Waals surface area contributed by atoms with Gasteiger partial charge in [0.15, 0.2) is 5.82 Å². The van der Waals surface area contributed by atoms with Crippen LogP contribution in [0.2, 0.25) is 0 Å². The fourth-order valence-electron chi connectivity index (χ4n) is 2.89. The Balaban J connectivity index is 1.55. The monoisotopic (exact) mass is 361 g/mol. The molecule has 0 aliphatic carbocycles. The predicted molar refractivity (Wildman–Crippen MR) is 95.1 cm³/mol. The van der Waals surface area contributed by atoms with Crippen molar-refractivity contribution < 1.29 is 13.6 Å². The third kappa shape index (κ3) is 4.25. The maximum atomic E-state index is 13.7. The molecule has 0 radical (unpaired) electrons. The highest BCUT2D eigenvalue weighted by atomic mass is 19.1. The SMILES string of the molecule is CCNc1ccc(N2CCN(C(=O)Cc3ccc(F)cc3F)CC2)nn1. The highest BCUT2D eigenvalue weighted by Gasteiger charge is 2.23. The van der Waals surface area contributed by atoms with E-state index < -0.39 is 11.6 Å². The van der Waals surface area contributed by atoms with Gasteiger partial charge in [-0.3, -0.25) is 4.79 Å². The largest absolute Gasteiger partial charge is 0.369 e. The van der Waals surface area contributed by atoms with E-state index in [4.69, 9.17) is 0 Å². The molecule has 1 fully saturated rings. The molecule has 0 spiro atoms. The highest BCUT2D eigenvalue weighted by Crippen LogP contribution is 2.16. The van der Waals surface area contributed by atoms with Crippen molar-refractivity contribution >= 4 is 17.5 Å². The second kappa shape index (κ2) is 8.07.